The van der Waals surface area contributed by atoms with Crippen molar-refractivity contribution < 1.29 is 4.79 Å². The summed E-state index contributed by atoms with van der Waals surface area (Å²) in [6.45, 7) is 0.333. The van der Waals surface area contributed by atoms with Crippen LogP contribution in [0.4, 0.5) is 0 Å². The van der Waals surface area contributed by atoms with E-state index in [1.54, 1.807) is 11.6 Å². The van der Waals surface area contributed by atoms with Crippen LogP contribution in [0.1, 0.15) is 16.2 Å². The number of benzene rings is 1. The summed E-state index contributed by atoms with van der Waals surface area (Å²) in [6, 6.07) is 5.44. The second-order valence-corrected chi connectivity index (χ2v) is 4.54. The number of aromatic amines is 1. The molecule has 2 heterocycles. The normalized spacial score (nSPS) is 10.7. The van der Waals surface area contributed by atoms with Crippen molar-refractivity contribution in [1.82, 2.24) is 25.5 Å². The number of hydrogen-bond donors (Lipinski definition) is 2. The lowest BCUT2D eigenvalue weighted by Crippen LogP contribution is -2.23. The molecule has 7 heteroatoms. The number of carbonyl (C=O) groups excluding carboxylic acids is 1. The molecular weight excluding hydrogens is 250 g/mol. The van der Waals surface area contributed by atoms with Gasteiger partial charge in [0, 0.05) is 5.56 Å². The molecule has 0 spiro atoms. The van der Waals surface area contributed by atoms with Gasteiger partial charge in [-0.3, -0.25) is 9.89 Å². The van der Waals surface area contributed by atoms with Crippen LogP contribution in [-0.2, 0) is 6.54 Å². The van der Waals surface area contributed by atoms with Gasteiger partial charge in [-0.05, 0) is 18.2 Å². The van der Waals surface area contributed by atoms with E-state index in [2.05, 4.69) is 25.5 Å². The maximum Gasteiger partial charge on any atom is 0.251 e. The first-order valence-electron chi connectivity index (χ1n) is 5.28. The Hall–Kier alpha value is -2.28. The molecule has 1 amide bonds. The van der Waals surface area contributed by atoms with Crippen molar-refractivity contribution in [2.24, 2.45) is 0 Å². The first-order chi connectivity index (χ1) is 8.83. The predicted octanol–water partition coefficient (Wildman–Crippen LogP) is 1.34. The Morgan fingerprint density at radius 1 is 1.39 bits per heavy atom. The van der Waals surface area contributed by atoms with Crippen molar-refractivity contribution in [1.29, 1.82) is 0 Å². The number of carbonyl (C=O) groups is 1. The Labute approximate surface area is 106 Å². The Balaban J connectivity index is 1.75. The summed E-state index contributed by atoms with van der Waals surface area (Å²) >= 11 is 1.52. The number of nitrogens with one attached hydrogen (secondary N) is 2. The van der Waals surface area contributed by atoms with Crippen LogP contribution >= 0.6 is 11.3 Å². The monoisotopic (exact) mass is 259 g/mol. The highest BCUT2D eigenvalue weighted by Gasteiger charge is 2.07. The van der Waals surface area contributed by atoms with Crippen LogP contribution in [-0.4, -0.2) is 26.1 Å². The summed E-state index contributed by atoms with van der Waals surface area (Å²) in [5.74, 6) is 0.490. The van der Waals surface area contributed by atoms with Gasteiger partial charge in [-0.2, -0.15) is 5.10 Å². The van der Waals surface area contributed by atoms with Crippen LogP contribution in [0.2, 0.25) is 0 Å². The molecule has 18 heavy (non-hydrogen) atoms. The molecule has 0 unspecified atom stereocenters. The SMILES string of the molecule is O=C(NCc1ncn[nH]1)c1ccc2ncsc2c1. The molecule has 1 aromatic carbocycles. The first-order valence-corrected chi connectivity index (χ1v) is 6.16. The minimum atomic E-state index is -0.137. The third kappa shape index (κ3) is 2.07. The van der Waals surface area contributed by atoms with Crippen LogP contribution in [0.5, 0.6) is 0 Å². The van der Waals surface area contributed by atoms with Crippen LogP contribution in [0.3, 0.4) is 0 Å². The lowest BCUT2D eigenvalue weighted by atomic mass is 10.2. The van der Waals surface area contributed by atoms with E-state index in [-0.39, 0.29) is 5.91 Å². The number of aromatic nitrogens is 4. The van der Waals surface area contributed by atoms with Gasteiger partial charge in [0.05, 0.1) is 22.3 Å². The molecule has 0 fully saturated rings. The standard InChI is InChI=1S/C11H9N5OS/c17-11(12-4-10-13-5-15-16-10)7-1-2-8-9(3-7)18-6-14-8/h1-3,5-6H,4H2,(H,12,17)(H,13,15,16). The molecule has 0 atom stereocenters. The molecule has 3 aromatic rings. The van der Waals surface area contributed by atoms with E-state index in [1.165, 1.54) is 17.7 Å². The molecule has 3 rings (SSSR count). The number of fused-ring (bicyclic) bond motifs is 1. The Bertz CT molecular complexity index is 676. The van der Waals surface area contributed by atoms with Crippen LogP contribution in [0.15, 0.2) is 30.0 Å². The molecule has 0 aliphatic carbocycles. The number of H-pyrrole nitrogens is 1. The van der Waals surface area contributed by atoms with E-state index in [0.29, 0.717) is 17.9 Å². The highest BCUT2D eigenvalue weighted by atomic mass is 32.1. The Morgan fingerprint density at radius 2 is 2.33 bits per heavy atom. The van der Waals surface area contributed by atoms with Gasteiger partial charge in [-0.1, -0.05) is 0 Å². The van der Waals surface area contributed by atoms with E-state index in [4.69, 9.17) is 0 Å². The predicted molar refractivity (Wildman–Crippen MR) is 67.2 cm³/mol. The maximum atomic E-state index is 11.9. The largest absolute Gasteiger partial charge is 0.345 e. The van der Waals surface area contributed by atoms with Gasteiger partial charge >= 0.3 is 0 Å². The van der Waals surface area contributed by atoms with Crippen LogP contribution < -0.4 is 5.32 Å². The van der Waals surface area contributed by atoms with Gasteiger partial charge in [0.25, 0.3) is 5.91 Å². The molecule has 0 aliphatic heterocycles. The number of amides is 1. The number of hydrogen-bond acceptors (Lipinski definition) is 5. The lowest BCUT2D eigenvalue weighted by molar-refractivity contribution is 0.0950. The minimum absolute atomic E-state index is 0.137. The van der Waals surface area contributed by atoms with Gasteiger partial charge in [0.2, 0.25) is 0 Å². The third-order valence-corrected chi connectivity index (χ3v) is 3.27. The first kappa shape index (κ1) is 10.8. The highest BCUT2D eigenvalue weighted by molar-refractivity contribution is 7.16. The van der Waals surface area contributed by atoms with Crippen molar-refractivity contribution >= 4 is 27.5 Å². The van der Waals surface area contributed by atoms with Crippen molar-refractivity contribution in [3.63, 3.8) is 0 Å². The molecule has 90 valence electrons. The molecule has 0 saturated carbocycles. The summed E-state index contributed by atoms with van der Waals surface area (Å²) in [4.78, 5) is 20.0. The maximum absolute atomic E-state index is 11.9. The van der Waals surface area contributed by atoms with Crippen LogP contribution in [0, 0.1) is 0 Å². The minimum Gasteiger partial charge on any atom is -0.345 e. The molecule has 0 aliphatic rings. The summed E-state index contributed by atoms with van der Waals surface area (Å²) < 4.78 is 1.00. The van der Waals surface area contributed by atoms with E-state index in [9.17, 15) is 4.79 Å². The van der Waals surface area contributed by atoms with Crippen molar-refractivity contribution in [3.8, 4) is 0 Å². The van der Waals surface area contributed by atoms with Crippen molar-refractivity contribution in [2.45, 2.75) is 6.54 Å². The fourth-order valence-corrected chi connectivity index (χ4v) is 2.29. The fourth-order valence-electron chi connectivity index (χ4n) is 1.58. The van der Waals surface area contributed by atoms with E-state index < -0.39 is 0 Å². The van der Waals surface area contributed by atoms with E-state index in [1.807, 2.05) is 12.1 Å². The van der Waals surface area contributed by atoms with Gasteiger partial charge in [0.1, 0.15) is 12.2 Å². The van der Waals surface area contributed by atoms with Gasteiger partial charge in [-0.15, -0.1) is 11.3 Å². The number of nitrogens with zero attached hydrogens (tertiary/aromatic N) is 3. The lowest BCUT2D eigenvalue weighted by Gasteiger charge is -2.02. The molecule has 6 nitrogen and oxygen atoms in total. The summed E-state index contributed by atoms with van der Waals surface area (Å²) in [5, 5.41) is 9.17. The zero-order valence-electron chi connectivity index (χ0n) is 9.25. The van der Waals surface area contributed by atoms with Gasteiger partial charge in [-0.25, -0.2) is 9.97 Å². The topological polar surface area (TPSA) is 83.6 Å². The quantitative estimate of drug-likeness (QED) is 0.743. The smallest absolute Gasteiger partial charge is 0.251 e. The van der Waals surface area contributed by atoms with Crippen molar-refractivity contribution in [2.75, 3.05) is 0 Å². The fraction of sp³-hybridized carbons (Fsp3) is 0.0909. The summed E-state index contributed by atoms with van der Waals surface area (Å²) in [6.07, 6.45) is 1.41. The molecule has 0 bridgehead atoms. The number of thiazole rings is 1. The van der Waals surface area contributed by atoms with Crippen molar-refractivity contribution in [3.05, 3.63) is 41.4 Å². The Morgan fingerprint density at radius 3 is 3.17 bits per heavy atom. The van der Waals surface area contributed by atoms with E-state index >= 15 is 0 Å². The Kier molecular flexibility index (Phi) is 2.73. The zero-order chi connectivity index (χ0) is 12.4. The second kappa shape index (κ2) is 4.53. The zero-order valence-corrected chi connectivity index (χ0v) is 10.1. The number of rotatable bonds is 3. The average Bonchev–Trinajstić information content (AvgIpc) is 3.05. The molecule has 0 saturated heterocycles. The highest BCUT2D eigenvalue weighted by Crippen LogP contribution is 2.18. The second-order valence-electron chi connectivity index (χ2n) is 3.65. The third-order valence-electron chi connectivity index (χ3n) is 2.47. The average molecular weight is 259 g/mol. The van der Waals surface area contributed by atoms with Crippen LogP contribution in [0.25, 0.3) is 10.2 Å². The van der Waals surface area contributed by atoms with E-state index in [0.717, 1.165) is 10.2 Å². The summed E-state index contributed by atoms with van der Waals surface area (Å²) in [7, 11) is 0. The molecule has 2 N–H and O–H groups in total. The molecular formula is C11H9N5OS. The molecule has 2 aromatic heterocycles. The summed E-state index contributed by atoms with van der Waals surface area (Å²) in [5.41, 5.74) is 3.29. The molecule has 0 radical (unpaired) electrons. The van der Waals surface area contributed by atoms with Gasteiger partial charge < -0.3 is 5.32 Å². The van der Waals surface area contributed by atoms with Gasteiger partial charge in [0.15, 0.2) is 0 Å².